The van der Waals surface area contributed by atoms with Gasteiger partial charge in [0.2, 0.25) is 0 Å². The van der Waals surface area contributed by atoms with Gasteiger partial charge in [0.05, 0.1) is 16.8 Å². The van der Waals surface area contributed by atoms with E-state index >= 15 is 0 Å². The van der Waals surface area contributed by atoms with Crippen molar-refractivity contribution in [2.45, 2.75) is 32.1 Å². The van der Waals surface area contributed by atoms with E-state index in [1.54, 1.807) is 20.1 Å². The molecule has 2 rings (SSSR count). The van der Waals surface area contributed by atoms with Gasteiger partial charge in [0.15, 0.2) is 15.8 Å². The number of rotatable bonds is 3. The van der Waals surface area contributed by atoms with Crippen LogP contribution in [0.25, 0.3) is 0 Å². The number of aliphatic imine (C=N–C) groups is 1. The van der Waals surface area contributed by atoms with Crippen LogP contribution in [0.5, 0.6) is 0 Å². The summed E-state index contributed by atoms with van der Waals surface area (Å²) >= 11 is 0. The highest BCUT2D eigenvalue weighted by Crippen LogP contribution is 2.23. The predicted octanol–water partition coefficient (Wildman–Crippen LogP) is 1.25. The molecule has 0 aliphatic carbocycles. The molecule has 0 unspecified atom stereocenters. The van der Waals surface area contributed by atoms with Crippen molar-refractivity contribution in [3.63, 3.8) is 0 Å². The summed E-state index contributed by atoms with van der Waals surface area (Å²) in [6, 6.07) is 3.70. The maximum atomic E-state index is 12.1. The predicted molar refractivity (Wildman–Crippen MR) is 83.0 cm³/mol. The second-order valence-corrected chi connectivity index (χ2v) is 8.49. The molecule has 1 aromatic rings. The van der Waals surface area contributed by atoms with E-state index in [0.717, 1.165) is 18.3 Å². The maximum absolute atomic E-state index is 12.1. The summed E-state index contributed by atoms with van der Waals surface area (Å²) in [5.74, 6) is 1.68. The highest BCUT2D eigenvalue weighted by molar-refractivity contribution is 7.92. The van der Waals surface area contributed by atoms with Crippen molar-refractivity contribution >= 4 is 15.8 Å². The smallest absolute Gasteiger partial charge is 0.194 e. The van der Waals surface area contributed by atoms with Gasteiger partial charge in [0.25, 0.3) is 0 Å². The van der Waals surface area contributed by atoms with E-state index in [4.69, 9.17) is 4.42 Å². The summed E-state index contributed by atoms with van der Waals surface area (Å²) in [6.45, 7) is 7.62. The minimum atomic E-state index is -3.04. The van der Waals surface area contributed by atoms with E-state index in [0.29, 0.717) is 19.6 Å². The Morgan fingerprint density at radius 3 is 2.86 bits per heavy atom. The molecule has 1 aliphatic rings. The number of hydrogen-bond donors (Lipinski definition) is 1. The Hall–Kier alpha value is -1.50. The summed E-state index contributed by atoms with van der Waals surface area (Å²) in [6.07, 6.45) is 1.62. The Morgan fingerprint density at radius 1 is 1.52 bits per heavy atom. The van der Waals surface area contributed by atoms with Crippen molar-refractivity contribution in [3.05, 3.63) is 24.2 Å². The van der Waals surface area contributed by atoms with E-state index < -0.39 is 14.6 Å². The normalized spacial score (nSPS) is 21.3. The molecular formula is C14H23N3O3S. The molecule has 2 heterocycles. The Kier molecular flexibility index (Phi) is 4.61. The summed E-state index contributed by atoms with van der Waals surface area (Å²) in [4.78, 5) is 6.54. The lowest BCUT2D eigenvalue weighted by molar-refractivity contribution is 0.352. The van der Waals surface area contributed by atoms with Crippen LogP contribution in [0.1, 0.15) is 26.5 Å². The van der Waals surface area contributed by atoms with Gasteiger partial charge in [-0.1, -0.05) is 0 Å². The highest BCUT2D eigenvalue weighted by Gasteiger charge is 2.40. The largest absolute Gasteiger partial charge is 0.467 e. The van der Waals surface area contributed by atoms with Gasteiger partial charge in [-0.3, -0.25) is 0 Å². The summed E-state index contributed by atoms with van der Waals surface area (Å²) in [5, 5.41) is 3.22. The van der Waals surface area contributed by atoms with Crippen LogP contribution in [0.15, 0.2) is 27.8 Å². The van der Waals surface area contributed by atoms with Gasteiger partial charge in [-0.15, -0.1) is 0 Å². The van der Waals surface area contributed by atoms with Gasteiger partial charge in [0, 0.05) is 19.6 Å². The SMILES string of the molecule is CCNC(=NCc1ccco1)N1CCS(=O)(=O)C(C)(C)C1. The van der Waals surface area contributed by atoms with Crippen LogP contribution in [0.3, 0.4) is 0 Å². The van der Waals surface area contributed by atoms with Gasteiger partial charge in [-0.05, 0) is 32.9 Å². The number of nitrogens with zero attached hydrogens (tertiary/aromatic N) is 2. The van der Waals surface area contributed by atoms with Crippen LogP contribution in [0.4, 0.5) is 0 Å². The van der Waals surface area contributed by atoms with Crippen LogP contribution < -0.4 is 5.32 Å². The van der Waals surface area contributed by atoms with Crippen LogP contribution >= 0.6 is 0 Å². The lowest BCUT2D eigenvalue weighted by Crippen LogP contribution is -2.57. The Morgan fingerprint density at radius 2 is 2.29 bits per heavy atom. The molecule has 118 valence electrons. The molecule has 0 saturated carbocycles. The first-order chi connectivity index (χ1) is 9.86. The van der Waals surface area contributed by atoms with Gasteiger partial charge in [-0.25, -0.2) is 13.4 Å². The van der Waals surface area contributed by atoms with Crippen molar-refractivity contribution in [2.75, 3.05) is 25.4 Å². The second-order valence-electron chi connectivity index (χ2n) is 5.75. The number of hydrogen-bond acceptors (Lipinski definition) is 4. The van der Waals surface area contributed by atoms with Crippen LogP contribution in [-0.2, 0) is 16.4 Å². The third-order valence-corrected chi connectivity index (χ3v) is 6.18. The van der Waals surface area contributed by atoms with Gasteiger partial charge in [0.1, 0.15) is 12.3 Å². The van der Waals surface area contributed by atoms with E-state index in [-0.39, 0.29) is 5.75 Å². The van der Waals surface area contributed by atoms with Crippen LogP contribution in [0, 0.1) is 0 Å². The fraction of sp³-hybridized carbons (Fsp3) is 0.643. The molecule has 0 atom stereocenters. The average Bonchev–Trinajstić information content (AvgIpc) is 2.91. The van der Waals surface area contributed by atoms with E-state index in [2.05, 4.69) is 10.3 Å². The molecule has 1 N–H and O–H groups in total. The maximum Gasteiger partial charge on any atom is 0.194 e. The van der Waals surface area contributed by atoms with E-state index in [9.17, 15) is 8.42 Å². The average molecular weight is 313 g/mol. The number of furan rings is 1. The summed E-state index contributed by atoms with van der Waals surface area (Å²) in [7, 11) is -3.04. The second kappa shape index (κ2) is 6.09. The van der Waals surface area contributed by atoms with Crippen molar-refractivity contribution < 1.29 is 12.8 Å². The fourth-order valence-electron chi connectivity index (χ4n) is 2.31. The third kappa shape index (κ3) is 3.58. The van der Waals surface area contributed by atoms with Crippen LogP contribution in [0.2, 0.25) is 0 Å². The topological polar surface area (TPSA) is 74.9 Å². The molecule has 1 saturated heterocycles. The molecule has 0 aromatic carbocycles. The number of guanidine groups is 1. The minimum absolute atomic E-state index is 0.158. The third-order valence-electron chi connectivity index (χ3n) is 3.64. The molecule has 7 heteroatoms. The highest BCUT2D eigenvalue weighted by atomic mass is 32.2. The van der Waals surface area contributed by atoms with E-state index in [1.165, 1.54) is 0 Å². The van der Waals surface area contributed by atoms with Crippen molar-refractivity contribution in [2.24, 2.45) is 4.99 Å². The molecule has 0 radical (unpaired) electrons. The summed E-state index contributed by atoms with van der Waals surface area (Å²) in [5.41, 5.74) is 0. The number of nitrogens with one attached hydrogen (secondary N) is 1. The lowest BCUT2D eigenvalue weighted by atomic mass is 10.2. The molecule has 0 spiro atoms. The zero-order valence-corrected chi connectivity index (χ0v) is 13.6. The first kappa shape index (κ1) is 15.9. The molecule has 0 amide bonds. The molecule has 1 fully saturated rings. The molecule has 21 heavy (non-hydrogen) atoms. The Balaban J connectivity index is 2.13. The minimum Gasteiger partial charge on any atom is -0.467 e. The van der Waals surface area contributed by atoms with Gasteiger partial charge in [-0.2, -0.15) is 0 Å². The lowest BCUT2D eigenvalue weighted by Gasteiger charge is -2.39. The Bertz CT molecular complexity index is 591. The van der Waals surface area contributed by atoms with Crippen molar-refractivity contribution in [1.29, 1.82) is 0 Å². The summed E-state index contributed by atoms with van der Waals surface area (Å²) < 4.78 is 28.7. The van der Waals surface area contributed by atoms with Crippen LogP contribution in [-0.4, -0.2) is 49.4 Å². The molecule has 1 aliphatic heterocycles. The van der Waals surface area contributed by atoms with Crippen molar-refractivity contribution in [3.8, 4) is 0 Å². The number of sulfone groups is 1. The van der Waals surface area contributed by atoms with Gasteiger partial charge >= 0.3 is 0 Å². The molecular weight excluding hydrogens is 290 g/mol. The monoisotopic (exact) mass is 313 g/mol. The standard InChI is InChI=1S/C14H23N3O3S/c1-4-15-13(16-10-12-6-5-8-20-12)17-7-9-21(18,19)14(2,3)11-17/h5-6,8H,4,7,9-11H2,1-3H3,(H,15,16). The molecule has 6 nitrogen and oxygen atoms in total. The van der Waals surface area contributed by atoms with Gasteiger partial charge < -0.3 is 14.6 Å². The fourth-order valence-corrected chi connectivity index (χ4v) is 3.67. The first-order valence-corrected chi connectivity index (χ1v) is 8.79. The Labute approximate surface area is 126 Å². The quantitative estimate of drug-likeness (QED) is 0.671. The van der Waals surface area contributed by atoms with Crippen molar-refractivity contribution in [1.82, 2.24) is 10.2 Å². The first-order valence-electron chi connectivity index (χ1n) is 7.13. The zero-order valence-electron chi connectivity index (χ0n) is 12.8. The molecule has 0 bridgehead atoms. The van der Waals surface area contributed by atoms with E-state index in [1.807, 2.05) is 24.0 Å². The molecule has 1 aromatic heterocycles. The zero-order chi connectivity index (χ0) is 15.5.